The number of aliphatic hydroxyl groups excluding tert-OH is 2. The van der Waals surface area contributed by atoms with Gasteiger partial charge in [-0.2, -0.15) is 0 Å². The van der Waals surface area contributed by atoms with Crippen molar-refractivity contribution in [3.05, 3.63) is 45.2 Å². The second-order valence-electron chi connectivity index (χ2n) is 24.4. The lowest BCUT2D eigenvalue weighted by atomic mass is 9.73. The number of carbonyl (C=O) groups excluding carboxylic acids is 2. The number of carbonyl (C=O) groups is 3. The topological polar surface area (TPSA) is 294 Å². The van der Waals surface area contributed by atoms with E-state index in [0.29, 0.717) is 50.9 Å². The van der Waals surface area contributed by atoms with Crippen LogP contribution in [0.1, 0.15) is 136 Å². The fourth-order valence-corrected chi connectivity index (χ4v) is 12.9. The van der Waals surface area contributed by atoms with Crippen LogP contribution in [0, 0.1) is 23.7 Å². The molecule has 6 N–H and O–H groups in total. The summed E-state index contributed by atoms with van der Waals surface area (Å²) >= 11 is 0. The number of carboxylic acids is 1. The number of likely N-dealkylation sites (N-methyl/N-ethyl adjacent to an activating group) is 1. The van der Waals surface area contributed by atoms with E-state index in [9.17, 15) is 44.7 Å². The molecule has 1 aromatic heterocycles. The number of oxime groups is 1. The van der Waals surface area contributed by atoms with Crippen LogP contribution in [0.2, 0.25) is 0 Å². The Morgan fingerprint density at radius 2 is 1.66 bits per heavy atom. The smallest absolute Gasteiger partial charge is 0.341 e. The van der Waals surface area contributed by atoms with Gasteiger partial charge >= 0.3 is 17.9 Å². The standard InChI is InChI=1S/C60H96N4O19/c1-15-44-60(10,73)52(68)35(4)47(62-77-32-76-25-24-74-13)33(2)29-58(8,72)53(83-57-50(67)43(63(11)12)26-34(3)78-57)36(5)51(37(6)56(71)80-44)82-46-30-59(9,75-14)54(38(7)79-46)81-45(65)20-22-61-21-16-18-39-27-40-19-17-23-64-31-42(55(69)70)49(66)41(28-39)48(40)64/h27-28,31,33-38,43-44,46,50-54,57,61,67-68,72-73H,15-26,29-30,32H2,1-14H3,(H,69,70)/b62-47+/t33-,34+,35+,36+,37+,38-,43-,44-,46?,50-,51+,52-,53-,54+,57-,58+,59?,60-/m0/s1. The molecule has 6 rings (SSSR count). The van der Waals surface area contributed by atoms with Gasteiger partial charge in [0, 0.05) is 69.1 Å². The fourth-order valence-electron chi connectivity index (χ4n) is 12.9. The fraction of sp³-hybridized carbons (Fsp3) is 0.783. The number of aromatic carboxylic acids is 1. The van der Waals surface area contributed by atoms with Crippen LogP contribution in [-0.2, 0) is 76.4 Å². The third kappa shape index (κ3) is 16.3. The van der Waals surface area contributed by atoms with E-state index in [1.54, 1.807) is 61.5 Å². The number of carboxylic acid groups (broad SMARTS) is 1. The minimum Gasteiger partial charge on any atom is -0.477 e. The van der Waals surface area contributed by atoms with Crippen LogP contribution in [0.5, 0.6) is 0 Å². The molecular weight excluding hydrogens is 1080 g/mol. The number of hydrogen-bond acceptors (Lipinski definition) is 21. The molecule has 0 aliphatic carbocycles. The predicted molar refractivity (Wildman–Crippen MR) is 306 cm³/mol. The van der Waals surface area contributed by atoms with Crippen molar-refractivity contribution < 1.29 is 87.4 Å². The van der Waals surface area contributed by atoms with E-state index in [4.69, 9.17) is 47.5 Å². The van der Waals surface area contributed by atoms with Gasteiger partial charge in [-0.1, -0.05) is 38.9 Å². The van der Waals surface area contributed by atoms with Crippen LogP contribution >= 0.6 is 0 Å². The van der Waals surface area contributed by atoms with Crippen LogP contribution in [0.3, 0.4) is 0 Å². The van der Waals surface area contributed by atoms with Gasteiger partial charge < -0.3 is 87.8 Å². The van der Waals surface area contributed by atoms with E-state index in [0.717, 1.165) is 29.5 Å². The zero-order valence-corrected chi connectivity index (χ0v) is 51.3. The van der Waals surface area contributed by atoms with Gasteiger partial charge in [0.05, 0.1) is 72.9 Å². The van der Waals surface area contributed by atoms with Crippen molar-refractivity contribution in [2.45, 2.75) is 218 Å². The Morgan fingerprint density at radius 3 is 2.33 bits per heavy atom. The number of pyridine rings is 1. The summed E-state index contributed by atoms with van der Waals surface area (Å²) in [4.78, 5) is 60.9. The van der Waals surface area contributed by atoms with E-state index < -0.39 is 119 Å². The van der Waals surface area contributed by atoms with Gasteiger partial charge in [0.2, 0.25) is 12.2 Å². The largest absolute Gasteiger partial charge is 0.477 e. The van der Waals surface area contributed by atoms with E-state index in [1.165, 1.54) is 27.3 Å². The molecule has 0 spiro atoms. The molecular formula is C60H96N4O19. The molecule has 0 bridgehead atoms. The second kappa shape index (κ2) is 29.5. The highest BCUT2D eigenvalue weighted by molar-refractivity contribution is 5.94. The monoisotopic (exact) mass is 1180 g/mol. The van der Waals surface area contributed by atoms with Crippen LogP contribution in [-0.4, -0.2) is 204 Å². The van der Waals surface area contributed by atoms with Gasteiger partial charge in [-0.15, -0.1) is 0 Å². The summed E-state index contributed by atoms with van der Waals surface area (Å²) in [6, 6.07) is 3.51. The van der Waals surface area contributed by atoms with Gasteiger partial charge in [-0.25, -0.2) is 4.79 Å². The van der Waals surface area contributed by atoms with Gasteiger partial charge in [0.15, 0.2) is 18.7 Å². The van der Waals surface area contributed by atoms with Crippen LogP contribution in [0.25, 0.3) is 10.9 Å². The van der Waals surface area contributed by atoms with Crippen molar-refractivity contribution in [1.82, 2.24) is 14.8 Å². The minimum atomic E-state index is -2.03. The van der Waals surface area contributed by atoms with Crippen molar-refractivity contribution in [2.75, 3.05) is 61.4 Å². The number of benzene rings is 1. The average Bonchev–Trinajstić information content (AvgIpc) is 3.64. The summed E-state index contributed by atoms with van der Waals surface area (Å²) in [5.41, 5.74) is -2.75. The normalized spacial score (nSPS) is 36.2. The third-order valence-electron chi connectivity index (χ3n) is 17.5. The summed E-state index contributed by atoms with van der Waals surface area (Å²) in [5, 5.41) is 67.0. The highest BCUT2D eigenvalue weighted by Gasteiger charge is 2.54. The Balaban J connectivity index is 1.21. The molecule has 4 aliphatic rings. The molecule has 0 radical (unpaired) electrons. The van der Waals surface area contributed by atoms with Crippen molar-refractivity contribution in [2.24, 2.45) is 28.8 Å². The Bertz CT molecular complexity index is 2580. The number of hydrogen-bond donors (Lipinski definition) is 6. The van der Waals surface area contributed by atoms with Gasteiger partial charge in [-0.3, -0.25) is 14.4 Å². The molecule has 23 heteroatoms. The van der Waals surface area contributed by atoms with Crippen molar-refractivity contribution in [3.8, 4) is 0 Å². The summed E-state index contributed by atoms with van der Waals surface area (Å²) in [6.45, 7) is 18.7. The molecule has 0 saturated carbocycles. The predicted octanol–water partition coefficient (Wildman–Crippen LogP) is 4.33. The first kappa shape index (κ1) is 67.9. The number of cyclic esters (lactones) is 1. The summed E-state index contributed by atoms with van der Waals surface area (Å²) in [6.07, 6.45) is -5.89. The first-order valence-electron chi connectivity index (χ1n) is 29.5. The lowest BCUT2D eigenvalue weighted by Gasteiger charge is -2.49. The molecule has 2 unspecified atom stereocenters. The van der Waals surface area contributed by atoms with E-state index in [2.05, 4.69) is 16.5 Å². The number of aliphatic hydroxyl groups is 4. The van der Waals surface area contributed by atoms with Gasteiger partial charge in [0.25, 0.3) is 0 Å². The zero-order chi connectivity index (χ0) is 61.3. The quantitative estimate of drug-likeness (QED) is 0.0414. The number of rotatable bonds is 22. The molecule has 3 saturated heterocycles. The molecule has 470 valence electrons. The molecule has 4 aliphatic heterocycles. The van der Waals surface area contributed by atoms with Crippen LogP contribution in [0.15, 0.2) is 28.3 Å². The molecule has 83 heavy (non-hydrogen) atoms. The Labute approximate surface area is 488 Å². The average molecular weight is 1180 g/mol. The van der Waals surface area contributed by atoms with Gasteiger partial charge in [0.1, 0.15) is 29.0 Å². The Hall–Kier alpha value is -4.21. The minimum absolute atomic E-state index is 0.00772. The number of nitrogens with one attached hydrogen (secondary N) is 1. The number of aryl methyl sites for hydroxylation is 3. The number of methoxy groups -OCH3 is 2. The van der Waals surface area contributed by atoms with E-state index >= 15 is 0 Å². The van der Waals surface area contributed by atoms with E-state index in [-0.39, 0.29) is 62.5 Å². The number of nitrogens with zero attached hydrogens (tertiary/aromatic N) is 3. The second-order valence-corrected chi connectivity index (χ2v) is 24.4. The molecule has 5 heterocycles. The maximum absolute atomic E-state index is 14.7. The molecule has 18 atom stereocenters. The molecule has 1 aromatic carbocycles. The van der Waals surface area contributed by atoms with Crippen molar-refractivity contribution in [1.29, 1.82) is 0 Å². The molecule has 2 aromatic rings. The SMILES string of the molecule is CC[C@@H]1OC(=O)[C@H](C)[C@H](OC2CC(C)(OC)[C@H](OC(=O)CCNCCCc3cc4c5c(c3)c(=O)c(C(=O)O)cn5CCC4)[C@H](C)O2)[C@@H](C)[C@H](O[C@@H]2O[C@H](C)C[C@H](N(C)C)[C@@H]2O)[C@](C)(O)C[C@H](C)/C(=N\OCOCCOC)[C@@H](C)[C@H](O)[C@@]1(C)O. The number of ether oxygens (including phenoxy) is 9. The Morgan fingerprint density at radius 1 is 0.940 bits per heavy atom. The Kier molecular flexibility index (Phi) is 24.1. The molecule has 3 fully saturated rings. The first-order chi connectivity index (χ1) is 39.1. The highest BCUT2D eigenvalue weighted by atomic mass is 16.7. The number of aromatic nitrogens is 1. The first-order valence-corrected chi connectivity index (χ1v) is 29.5. The van der Waals surface area contributed by atoms with E-state index in [1.807, 2.05) is 30.5 Å². The number of esters is 2. The summed E-state index contributed by atoms with van der Waals surface area (Å²) < 4.78 is 57.5. The lowest BCUT2D eigenvalue weighted by Crippen LogP contribution is -2.61. The summed E-state index contributed by atoms with van der Waals surface area (Å²) in [7, 11) is 6.73. The molecule has 0 amide bonds. The van der Waals surface area contributed by atoms with Crippen molar-refractivity contribution in [3.63, 3.8) is 0 Å². The third-order valence-corrected chi connectivity index (χ3v) is 17.5. The van der Waals surface area contributed by atoms with Crippen LogP contribution < -0.4 is 10.7 Å². The van der Waals surface area contributed by atoms with Gasteiger partial charge in [-0.05, 0) is 124 Å². The maximum Gasteiger partial charge on any atom is 0.341 e. The maximum atomic E-state index is 14.7. The zero-order valence-electron chi connectivity index (χ0n) is 51.3. The highest BCUT2D eigenvalue weighted by Crippen LogP contribution is 2.42. The lowest BCUT2D eigenvalue weighted by molar-refractivity contribution is -0.318. The molecule has 23 nitrogen and oxygen atoms in total. The summed E-state index contributed by atoms with van der Waals surface area (Å²) in [5.74, 6) is -6.21. The van der Waals surface area contributed by atoms with Crippen LogP contribution in [0.4, 0.5) is 0 Å². The van der Waals surface area contributed by atoms with Crippen molar-refractivity contribution >= 4 is 34.5 Å².